The largest absolute Gasteiger partial charge is 0.462 e. The third kappa shape index (κ3) is 24.6. The molecule has 1 N–H and O–H groups in total. The molecule has 40 heavy (non-hydrogen) atoms. The lowest BCUT2D eigenvalue weighted by Crippen LogP contribution is -2.23. The van der Waals surface area contributed by atoms with Crippen molar-refractivity contribution in [1.82, 2.24) is 4.90 Å². The quantitative estimate of drug-likeness (QED) is 0.0427. The third-order valence-electron chi connectivity index (χ3n) is 7.51. The van der Waals surface area contributed by atoms with Gasteiger partial charge >= 0.3 is 5.97 Å². The van der Waals surface area contributed by atoms with E-state index in [1.807, 2.05) is 0 Å². The Morgan fingerprint density at radius 3 is 2.10 bits per heavy atom. The normalized spacial score (nSPS) is 15.1. The van der Waals surface area contributed by atoms with Crippen LogP contribution in [0.5, 0.6) is 0 Å². The average Bonchev–Trinajstić information content (AvgIpc) is 3.48. The molecule has 0 radical (unpaired) electrons. The Labute approximate surface area is 246 Å². The van der Waals surface area contributed by atoms with Gasteiger partial charge in [0.05, 0.1) is 0 Å². The van der Waals surface area contributed by atoms with E-state index in [1.54, 1.807) is 0 Å². The van der Waals surface area contributed by atoms with Crippen molar-refractivity contribution in [2.24, 2.45) is 0 Å². The minimum Gasteiger partial charge on any atom is -0.462 e. The Kier molecular flexibility index (Phi) is 27.0. The number of esters is 1. The number of unbranched alkanes of at least 4 members (excludes halogenated alkanes) is 9. The molecular weight excluding hydrogens is 502 g/mol. The summed E-state index contributed by atoms with van der Waals surface area (Å²) in [7, 11) is 0. The number of carbonyl (C=O) groups excluding carboxylic acids is 1. The van der Waals surface area contributed by atoms with Crippen LogP contribution >= 0.6 is 0 Å². The van der Waals surface area contributed by atoms with Crippen molar-refractivity contribution in [1.29, 1.82) is 0 Å². The highest BCUT2D eigenvalue weighted by Crippen LogP contribution is 2.13. The Morgan fingerprint density at radius 1 is 0.775 bits per heavy atom. The van der Waals surface area contributed by atoms with Gasteiger partial charge in [0.2, 0.25) is 0 Å². The van der Waals surface area contributed by atoms with Gasteiger partial charge in [-0.3, -0.25) is 4.79 Å². The molecule has 1 saturated heterocycles. The van der Waals surface area contributed by atoms with Crippen LogP contribution in [0, 0.1) is 0 Å². The number of carbonyl (C=O) groups is 1. The molecule has 1 aliphatic heterocycles. The van der Waals surface area contributed by atoms with Crippen molar-refractivity contribution in [3.05, 3.63) is 24.3 Å². The maximum absolute atomic E-state index is 12.3. The van der Waals surface area contributed by atoms with Gasteiger partial charge in [-0.15, -0.1) is 0 Å². The molecule has 0 amide bonds. The van der Waals surface area contributed by atoms with Crippen molar-refractivity contribution in [2.75, 3.05) is 46.2 Å². The van der Waals surface area contributed by atoms with E-state index in [0.29, 0.717) is 32.7 Å². The number of likely N-dealkylation sites (tertiary alicyclic amines) is 1. The van der Waals surface area contributed by atoms with Crippen LogP contribution in [0.1, 0.15) is 135 Å². The molecule has 1 aliphatic rings. The molecule has 234 valence electrons. The van der Waals surface area contributed by atoms with E-state index in [1.165, 1.54) is 77.0 Å². The monoisotopic (exact) mass is 565 g/mol. The molecule has 1 unspecified atom stereocenters. The fourth-order valence-electron chi connectivity index (χ4n) is 5.06. The minimum atomic E-state index is -0.130. The van der Waals surface area contributed by atoms with Crippen molar-refractivity contribution in [2.45, 2.75) is 141 Å². The molecule has 0 bridgehead atoms. The van der Waals surface area contributed by atoms with Gasteiger partial charge in [0.15, 0.2) is 0 Å². The smallest absolute Gasteiger partial charge is 0.306 e. The molecule has 0 saturated carbocycles. The van der Waals surface area contributed by atoms with E-state index >= 15 is 0 Å². The van der Waals surface area contributed by atoms with Gasteiger partial charge < -0.3 is 24.2 Å². The number of nitrogens with zero attached hydrogens (tertiary/aromatic N) is 1. The first-order valence-electron chi connectivity index (χ1n) is 16.7. The number of rotatable bonds is 29. The van der Waals surface area contributed by atoms with Crippen LogP contribution in [0.2, 0.25) is 0 Å². The van der Waals surface area contributed by atoms with Crippen LogP contribution in [-0.2, 0) is 19.0 Å². The van der Waals surface area contributed by atoms with E-state index in [2.05, 4.69) is 36.1 Å². The highest BCUT2D eigenvalue weighted by molar-refractivity contribution is 5.69. The number of allylic oxidation sites excluding steroid dienone is 4. The summed E-state index contributed by atoms with van der Waals surface area (Å²) < 4.78 is 16.9. The maximum atomic E-state index is 12.3. The molecule has 1 rings (SSSR count). The van der Waals surface area contributed by atoms with Crippen LogP contribution in [0.4, 0.5) is 0 Å². The Bertz CT molecular complexity index is 603. The van der Waals surface area contributed by atoms with Gasteiger partial charge in [-0.1, -0.05) is 69.8 Å². The van der Waals surface area contributed by atoms with Crippen molar-refractivity contribution in [3.8, 4) is 0 Å². The lowest BCUT2D eigenvalue weighted by molar-refractivity contribution is -0.150. The molecule has 6 nitrogen and oxygen atoms in total. The molecule has 0 spiro atoms. The summed E-state index contributed by atoms with van der Waals surface area (Å²) in [6.07, 6.45) is 31.0. The summed E-state index contributed by atoms with van der Waals surface area (Å²) in [5, 5.41) is 9.17. The topological polar surface area (TPSA) is 68.2 Å². The molecule has 0 aromatic rings. The predicted molar refractivity (Wildman–Crippen MR) is 166 cm³/mol. The number of aliphatic hydroxyl groups is 1. The van der Waals surface area contributed by atoms with Gasteiger partial charge in [0.25, 0.3) is 0 Å². The molecule has 6 heteroatoms. The van der Waals surface area contributed by atoms with E-state index in [-0.39, 0.29) is 18.7 Å². The Hall–Kier alpha value is -1.21. The van der Waals surface area contributed by atoms with E-state index < -0.39 is 0 Å². The highest BCUT2D eigenvalue weighted by atomic mass is 16.7. The molecule has 0 aromatic heterocycles. The van der Waals surface area contributed by atoms with Crippen molar-refractivity contribution in [3.63, 3.8) is 0 Å². The number of ether oxygens (including phenoxy) is 3. The van der Waals surface area contributed by atoms with E-state index in [9.17, 15) is 9.90 Å². The third-order valence-corrected chi connectivity index (χ3v) is 7.51. The summed E-state index contributed by atoms with van der Waals surface area (Å²) in [5.41, 5.74) is 0. The van der Waals surface area contributed by atoms with Crippen LogP contribution in [0.3, 0.4) is 0 Å². The molecule has 1 atom stereocenters. The summed E-state index contributed by atoms with van der Waals surface area (Å²) in [5.74, 6) is -0.111. The lowest BCUT2D eigenvalue weighted by Gasteiger charge is -2.18. The zero-order valence-electron chi connectivity index (χ0n) is 26.0. The predicted octanol–water partition coefficient (Wildman–Crippen LogP) is 8.13. The standard InChI is InChI=1S/C34H63NO5/c1-2-3-4-5-6-7-8-9-10-11-12-13-14-15-16-19-30-38-32-39-31-22-24-33(23-21-29-36)40-34(37)25-20-28-35-26-17-18-27-35/h6-7,9-10,33,36H,2-5,8,11-32H2,1H3/b7-6-,10-9-. The first-order chi connectivity index (χ1) is 19.8. The molecule has 0 aromatic carbocycles. The van der Waals surface area contributed by atoms with E-state index in [4.69, 9.17) is 14.2 Å². The van der Waals surface area contributed by atoms with Gasteiger partial charge in [0.1, 0.15) is 12.9 Å². The molecular formula is C34H63NO5. The first-order valence-corrected chi connectivity index (χ1v) is 16.7. The zero-order chi connectivity index (χ0) is 28.8. The van der Waals surface area contributed by atoms with Gasteiger partial charge in [-0.05, 0) is 103 Å². The highest BCUT2D eigenvalue weighted by Gasteiger charge is 2.16. The summed E-state index contributed by atoms with van der Waals surface area (Å²) in [6, 6.07) is 0. The molecule has 1 heterocycles. The Morgan fingerprint density at radius 2 is 1.40 bits per heavy atom. The van der Waals surface area contributed by atoms with Gasteiger partial charge in [0, 0.05) is 26.2 Å². The second kappa shape index (κ2) is 29.3. The van der Waals surface area contributed by atoms with Crippen LogP contribution in [0.25, 0.3) is 0 Å². The fraction of sp³-hybridized carbons (Fsp3) is 0.853. The van der Waals surface area contributed by atoms with Gasteiger partial charge in [-0.2, -0.15) is 0 Å². The van der Waals surface area contributed by atoms with Crippen LogP contribution in [-0.4, -0.2) is 68.3 Å². The van der Waals surface area contributed by atoms with Crippen molar-refractivity contribution >= 4 is 5.97 Å². The number of hydrogen-bond donors (Lipinski definition) is 1. The zero-order valence-corrected chi connectivity index (χ0v) is 26.0. The average molecular weight is 566 g/mol. The SMILES string of the molecule is CCCCC/C=C\C/C=C\CCCCCCCCOCOCCCC(CCCO)OC(=O)CCCN1CCCC1. The summed E-state index contributed by atoms with van der Waals surface area (Å²) in [6.45, 7) is 7.37. The Balaban J connectivity index is 1.88. The molecule has 1 fully saturated rings. The van der Waals surface area contributed by atoms with E-state index in [0.717, 1.165) is 58.3 Å². The molecule has 0 aliphatic carbocycles. The first kappa shape index (κ1) is 36.8. The lowest BCUT2D eigenvalue weighted by atomic mass is 10.1. The second-order valence-electron chi connectivity index (χ2n) is 11.3. The second-order valence-corrected chi connectivity index (χ2v) is 11.3. The van der Waals surface area contributed by atoms with Crippen LogP contribution in [0.15, 0.2) is 24.3 Å². The summed E-state index contributed by atoms with van der Waals surface area (Å²) >= 11 is 0. The maximum Gasteiger partial charge on any atom is 0.306 e. The van der Waals surface area contributed by atoms with Gasteiger partial charge in [-0.25, -0.2) is 0 Å². The van der Waals surface area contributed by atoms with Crippen molar-refractivity contribution < 1.29 is 24.1 Å². The summed E-state index contributed by atoms with van der Waals surface area (Å²) in [4.78, 5) is 14.7. The van der Waals surface area contributed by atoms with Crippen LogP contribution < -0.4 is 0 Å². The number of aliphatic hydroxyl groups excluding tert-OH is 1. The minimum absolute atomic E-state index is 0.111. The fourth-order valence-corrected chi connectivity index (χ4v) is 5.06. The number of hydrogen-bond acceptors (Lipinski definition) is 6.